The smallest absolute Gasteiger partial charge is 0.261 e. The molecule has 2 aromatic carbocycles. The molecule has 2 bridgehead atoms. The van der Waals surface area contributed by atoms with E-state index in [1.54, 1.807) is 23.0 Å². The topological polar surface area (TPSA) is 75.0 Å². The summed E-state index contributed by atoms with van der Waals surface area (Å²) < 4.78 is 21.1. The monoisotopic (exact) mass is 588 g/mol. The van der Waals surface area contributed by atoms with Gasteiger partial charge in [-0.25, -0.2) is 14.4 Å². The molecule has 1 aliphatic heterocycles. The van der Waals surface area contributed by atoms with Gasteiger partial charge in [0.25, 0.3) is 5.56 Å². The molecule has 0 radical (unpaired) electrons. The second kappa shape index (κ2) is 11.6. The number of aliphatic imine (C=N–C) groups is 1. The van der Waals surface area contributed by atoms with Gasteiger partial charge in [0.2, 0.25) is 0 Å². The van der Waals surface area contributed by atoms with Crippen LogP contribution in [0.1, 0.15) is 45.6 Å². The van der Waals surface area contributed by atoms with Gasteiger partial charge in [0, 0.05) is 37.4 Å². The first-order valence-electron chi connectivity index (χ1n) is 15.6. The maximum Gasteiger partial charge on any atom is 0.261 e. The molecular weight excluding hydrogens is 543 g/mol. The lowest BCUT2D eigenvalue weighted by molar-refractivity contribution is -0.108. The summed E-state index contributed by atoms with van der Waals surface area (Å²) in [5.74, 6) is 3.07. The predicted octanol–water partition coefficient (Wildman–Crippen LogP) is 5.26. The zero-order valence-electron chi connectivity index (χ0n) is 26.3. The van der Waals surface area contributed by atoms with Crippen LogP contribution in [0.5, 0.6) is 5.75 Å². The maximum absolute atomic E-state index is 14.4. The Morgan fingerprint density at radius 2 is 2.02 bits per heavy atom. The third kappa shape index (κ3) is 5.64. The number of rotatable bonds is 7. The minimum absolute atomic E-state index is 0.134. The highest BCUT2D eigenvalue weighted by molar-refractivity contribution is 5.96. The minimum Gasteiger partial charge on any atom is -0.497 e. The number of benzene rings is 2. The Morgan fingerprint density at radius 1 is 1.21 bits per heavy atom. The van der Waals surface area contributed by atoms with Gasteiger partial charge in [0.1, 0.15) is 11.6 Å². The van der Waals surface area contributed by atoms with E-state index in [4.69, 9.17) is 9.73 Å². The van der Waals surface area contributed by atoms with Crippen LogP contribution < -0.4 is 15.6 Å². The fourth-order valence-corrected chi connectivity index (χ4v) is 7.62. The molecule has 7 rings (SSSR count). The van der Waals surface area contributed by atoms with Gasteiger partial charge in [0.05, 0.1) is 30.4 Å². The number of halogens is 1. The number of ether oxygens (including phenoxy) is 1. The van der Waals surface area contributed by atoms with Crippen LogP contribution in [0.3, 0.4) is 0 Å². The molecule has 9 heteroatoms. The molecule has 4 fully saturated rings. The molecule has 4 aliphatic rings. The molecule has 1 N–H and O–H groups in total. The van der Waals surface area contributed by atoms with Gasteiger partial charge in [-0.3, -0.25) is 9.36 Å². The van der Waals surface area contributed by atoms with Gasteiger partial charge >= 0.3 is 0 Å². The van der Waals surface area contributed by atoms with Crippen LogP contribution in [0.15, 0.2) is 52.5 Å². The third-order valence-corrected chi connectivity index (χ3v) is 10.8. The molecule has 3 aromatic rings. The Labute approximate surface area is 254 Å². The van der Waals surface area contributed by atoms with E-state index in [0.717, 1.165) is 49.4 Å². The van der Waals surface area contributed by atoms with Gasteiger partial charge in [-0.1, -0.05) is 26.8 Å². The second-order valence-corrected chi connectivity index (χ2v) is 13.6. The Bertz CT molecular complexity index is 1580. The highest BCUT2D eigenvalue weighted by Gasteiger charge is 2.56. The molecule has 43 heavy (non-hydrogen) atoms. The largest absolute Gasteiger partial charge is 0.497 e. The lowest BCUT2D eigenvalue weighted by atomic mass is 9.45. The third-order valence-electron chi connectivity index (χ3n) is 10.8. The molecule has 0 spiro atoms. The fourth-order valence-electron chi connectivity index (χ4n) is 7.62. The van der Waals surface area contributed by atoms with E-state index in [2.05, 4.69) is 55.0 Å². The van der Waals surface area contributed by atoms with E-state index in [1.807, 2.05) is 18.2 Å². The van der Waals surface area contributed by atoms with Crippen LogP contribution >= 0.6 is 0 Å². The number of guanidine groups is 1. The summed E-state index contributed by atoms with van der Waals surface area (Å²) in [6, 6.07) is 11.3. The number of anilines is 1. The number of nitrogens with zero attached hydrogens (tertiary/aromatic N) is 5. The molecule has 1 unspecified atom stereocenters. The Morgan fingerprint density at radius 3 is 2.70 bits per heavy atom. The summed E-state index contributed by atoms with van der Waals surface area (Å²) in [5, 5.41) is 4.18. The maximum atomic E-state index is 14.4. The number of methoxy groups -OCH3 is 1. The SMILES string of the molecule is COc1ccc(CCn2cnc3cc(NC(=NC4C[C@H]5C[C@@H]([C@@H]4C)C5(C)C)N4CC[C@H](N(C)C)C4)ccc3c2=O)c(F)c1. The zero-order chi connectivity index (χ0) is 30.5. The Hall–Kier alpha value is -3.46. The minimum atomic E-state index is -0.340. The van der Waals surface area contributed by atoms with E-state index in [-0.39, 0.29) is 11.4 Å². The van der Waals surface area contributed by atoms with Crippen LogP contribution in [0.25, 0.3) is 10.9 Å². The van der Waals surface area contributed by atoms with Gasteiger partial charge in [-0.15, -0.1) is 0 Å². The highest BCUT2D eigenvalue weighted by Crippen LogP contribution is 2.61. The van der Waals surface area contributed by atoms with Crippen molar-refractivity contribution < 1.29 is 9.13 Å². The summed E-state index contributed by atoms with van der Waals surface area (Å²) in [5.41, 5.74) is 2.32. The van der Waals surface area contributed by atoms with E-state index in [9.17, 15) is 9.18 Å². The van der Waals surface area contributed by atoms with Crippen molar-refractivity contribution >= 4 is 22.5 Å². The Kier molecular flexibility index (Phi) is 7.96. The quantitative estimate of drug-likeness (QED) is 0.300. The summed E-state index contributed by atoms with van der Waals surface area (Å²) in [6.45, 7) is 9.47. The van der Waals surface area contributed by atoms with Crippen LogP contribution in [-0.4, -0.2) is 71.7 Å². The number of hydrogen-bond donors (Lipinski definition) is 1. The first kappa shape index (κ1) is 29.6. The summed E-state index contributed by atoms with van der Waals surface area (Å²) in [4.78, 5) is 28.0. The van der Waals surface area contributed by atoms with Gasteiger partial charge in [-0.05, 0) is 92.8 Å². The first-order chi connectivity index (χ1) is 20.5. The van der Waals surface area contributed by atoms with Crippen molar-refractivity contribution in [2.45, 2.75) is 65.1 Å². The molecule has 3 aliphatic carbocycles. The Balaban J connectivity index is 1.22. The van der Waals surface area contributed by atoms with Crippen molar-refractivity contribution in [3.63, 3.8) is 0 Å². The average Bonchev–Trinajstić information content (AvgIpc) is 3.48. The van der Waals surface area contributed by atoms with E-state index >= 15 is 0 Å². The highest BCUT2D eigenvalue weighted by atomic mass is 19.1. The predicted molar refractivity (Wildman–Crippen MR) is 170 cm³/mol. The molecule has 3 saturated carbocycles. The number of aromatic nitrogens is 2. The molecule has 8 nitrogen and oxygen atoms in total. The van der Waals surface area contributed by atoms with Crippen LogP contribution in [-0.2, 0) is 13.0 Å². The summed E-state index contributed by atoms with van der Waals surface area (Å²) in [7, 11) is 5.80. The summed E-state index contributed by atoms with van der Waals surface area (Å²) >= 11 is 0. The number of hydrogen-bond acceptors (Lipinski definition) is 5. The van der Waals surface area contributed by atoms with Crippen molar-refractivity contribution in [3.8, 4) is 5.75 Å². The normalized spacial score (nSPS) is 26.6. The molecule has 0 amide bonds. The van der Waals surface area contributed by atoms with Crippen LogP contribution in [0.2, 0.25) is 0 Å². The number of likely N-dealkylation sites (N-methyl/N-ethyl adjacent to an activating group) is 1. The van der Waals surface area contributed by atoms with Crippen molar-refractivity contribution in [1.82, 2.24) is 19.4 Å². The first-order valence-corrected chi connectivity index (χ1v) is 15.6. The van der Waals surface area contributed by atoms with Gasteiger partial charge in [0.15, 0.2) is 5.96 Å². The number of likely N-dealkylation sites (tertiary alicyclic amines) is 1. The number of nitrogens with one attached hydrogen (secondary N) is 1. The second-order valence-electron chi connectivity index (χ2n) is 13.6. The zero-order valence-corrected chi connectivity index (χ0v) is 26.3. The molecule has 2 heterocycles. The van der Waals surface area contributed by atoms with Crippen molar-refractivity contribution in [3.05, 3.63) is 64.5 Å². The summed E-state index contributed by atoms with van der Waals surface area (Å²) in [6.07, 6.45) is 5.51. The van der Waals surface area contributed by atoms with Gasteiger partial charge < -0.3 is 19.9 Å². The van der Waals surface area contributed by atoms with Gasteiger partial charge in [-0.2, -0.15) is 0 Å². The van der Waals surface area contributed by atoms with Crippen molar-refractivity contribution in [1.29, 1.82) is 0 Å². The average molecular weight is 589 g/mol. The van der Waals surface area contributed by atoms with E-state index < -0.39 is 0 Å². The molecule has 5 atom stereocenters. The molecular formula is C34H45FN6O2. The lowest BCUT2D eigenvalue weighted by Gasteiger charge is -2.61. The van der Waals surface area contributed by atoms with E-state index in [0.29, 0.717) is 58.6 Å². The molecule has 1 aromatic heterocycles. The van der Waals surface area contributed by atoms with E-state index in [1.165, 1.54) is 19.6 Å². The molecule has 230 valence electrons. The number of aryl methyl sites for hydroxylation is 2. The van der Waals surface area contributed by atoms with Crippen molar-refractivity contribution in [2.75, 3.05) is 39.6 Å². The standard InChI is InChI=1S/C34H45FN6O2/c1-21-28-15-23(34(28,2)3)16-30(21)38-33(40-14-12-25(19-40)39(4)5)37-24-8-10-27-31(17-24)36-20-41(32(27)42)13-11-22-7-9-26(43-6)18-29(22)35/h7-10,17-18,20-21,23,25,28,30H,11-16,19H2,1-6H3,(H,37,38)/t21-,23+,25-,28-,30?/m0/s1. The molecule has 1 saturated heterocycles. The van der Waals surface area contributed by atoms with Crippen molar-refractivity contribution in [2.24, 2.45) is 28.2 Å². The lowest BCUT2D eigenvalue weighted by Crippen LogP contribution is -2.56. The van der Waals surface area contributed by atoms with Crippen LogP contribution in [0, 0.1) is 29.0 Å². The van der Waals surface area contributed by atoms with Crippen LogP contribution in [0.4, 0.5) is 10.1 Å². The fraction of sp³-hybridized carbons (Fsp3) is 0.559. The number of fused-ring (bicyclic) bond motifs is 3.